The fourth-order valence-electron chi connectivity index (χ4n) is 4.80. The standard InChI is InChI=1S/C20H27F3N2/c21-20(22,23)18-5-2-1-4-17(18)13-25-11-9-19(15-25)8-3-10-24(14-19)12-16-6-7-16/h1-2,4-5,16H,3,6-15H2. The summed E-state index contributed by atoms with van der Waals surface area (Å²) in [7, 11) is 0. The third kappa shape index (κ3) is 4.03. The maximum absolute atomic E-state index is 13.2. The first-order chi connectivity index (χ1) is 11.9. The van der Waals surface area contributed by atoms with E-state index in [-0.39, 0.29) is 0 Å². The molecule has 0 radical (unpaired) electrons. The van der Waals surface area contributed by atoms with Crippen LogP contribution in [0.1, 0.15) is 43.2 Å². The minimum atomic E-state index is -4.26. The molecule has 1 saturated carbocycles. The van der Waals surface area contributed by atoms with E-state index in [1.54, 1.807) is 12.1 Å². The van der Waals surface area contributed by atoms with Crippen molar-refractivity contribution in [2.45, 2.75) is 44.8 Å². The smallest absolute Gasteiger partial charge is 0.302 e. The van der Waals surface area contributed by atoms with Crippen LogP contribution in [0.5, 0.6) is 0 Å². The van der Waals surface area contributed by atoms with Gasteiger partial charge in [0.25, 0.3) is 0 Å². The van der Waals surface area contributed by atoms with E-state index in [1.807, 2.05) is 0 Å². The van der Waals surface area contributed by atoms with E-state index >= 15 is 0 Å². The lowest BCUT2D eigenvalue weighted by Gasteiger charge is -2.40. The first kappa shape index (κ1) is 17.3. The second-order valence-electron chi connectivity index (χ2n) is 8.40. The number of hydrogen-bond acceptors (Lipinski definition) is 2. The topological polar surface area (TPSA) is 6.48 Å². The van der Waals surface area contributed by atoms with E-state index in [1.165, 1.54) is 50.9 Å². The Hall–Kier alpha value is -1.07. The Morgan fingerprint density at radius 2 is 1.76 bits per heavy atom. The van der Waals surface area contributed by atoms with Gasteiger partial charge in [-0.15, -0.1) is 0 Å². The van der Waals surface area contributed by atoms with Crippen LogP contribution in [0, 0.1) is 11.3 Å². The SMILES string of the molecule is FC(F)(F)c1ccccc1CN1CCC2(CCCN(CC3CC3)C2)C1. The highest BCUT2D eigenvalue weighted by molar-refractivity contribution is 5.29. The molecule has 0 bridgehead atoms. The van der Waals surface area contributed by atoms with Crippen molar-refractivity contribution < 1.29 is 13.2 Å². The lowest BCUT2D eigenvalue weighted by Crippen LogP contribution is -2.45. The van der Waals surface area contributed by atoms with Gasteiger partial charge in [0.2, 0.25) is 0 Å². The van der Waals surface area contributed by atoms with Gasteiger partial charge < -0.3 is 4.90 Å². The number of alkyl halides is 3. The summed E-state index contributed by atoms with van der Waals surface area (Å²) in [5.74, 6) is 0.909. The van der Waals surface area contributed by atoms with Crippen molar-refractivity contribution in [3.63, 3.8) is 0 Å². The van der Waals surface area contributed by atoms with Crippen LogP contribution in [0.25, 0.3) is 0 Å². The Kier molecular flexibility index (Phi) is 4.57. The summed E-state index contributed by atoms with van der Waals surface area (Å²) in [6.45, 7) is 5.86. The summed E-state index contributed by atoms with van der Waals surface area (Å²) >= 11 is 0. The molecule has 1 unspecified atom stereocenters. The molecule has 0 N–H and O–H groups in total. The van der Waals surface area contributed by atoms with Crippen molar-refractivity contribution in [3.8, 4) is 0 Å². The lowest BCUT2D eigenvalue weighted by atomic mass is 9.79. The van der Waals surface area contributed by atoms with Gasteiger partial charge in [0, 0.05) is 26.2 Å². The van der Waals surface area contributed by atoms with Gasteiger partial charge in [-0.2, -0.15) is 13.2 Å². The number of rotatable bonds is 4. The first-order valence-corrected chi connectivity index (χ1v) is 9.53. The molecule has 2 saturated heterocycles. The van der Waals surface area contributed by atoms with Crippen LogP contribution < -0.4 is 0 Å². The molecule has 2 nitrogen and oxygen atoms in total. The van der Waals surface area contributed by atoms with Crippen LogP contribution in [0.15, 0.2) is 24.3 Å². The van der Waals surface area contributed by atoms with Crippen LogP contribution in [0.2, 0.25) is 0 Å². The van der Waals surface area contributed by atoms with Gasteiger partial charge in [-0.05, 0) is 68.2 Å². The van der Waals surface area contributed by atoms with Crippen LogP contribution in [0.3, 0.4) is 0 Å². The highest BCUT2D eigenvalue weighted by Gasteiger charge is 2.42. The summed E-state index contributed by atoms with van der Waals surface area (Å²) in [6, 6.07) is 6.04. The summed E-state index contributed by atoms with van der Waals surface area (Å²) in [6.07, 6.45) is 2.08. The number of nitrogens with zero attached hydrogens (tertiary/aromatic N) is 2. The summed E-state index contributed by atoms with van der Waals surface area (Å²) in [4.78, 5) is 4.86. The zero-order chi connectivity index (χ0) is 17.5. The maximum Gasteiger partial charge on any atom is 0.416 e. The molecule has 1 aromatic rings. The number of likely N-dealkylation sites (tertiary alicyclic amines) is 2. The monoisotopic (exact) mass is 352 g/mol. The predicted octanol–water partition coefficient (Wildman–Crippen LogP) is 4.40. The fraction of sp³-hybridized carbons (Fsp3) is 0.700. The molecule has 2 aliphatic heterocycles. The van der Waals surface area contributed by atoms with E-state index in [4.69, 9.17) is 0 Å². The molecule has 4 rings (SSSR count). The van der Waals surface area contributed by atoms with Crippen LogP contribution in [-0.4, -0.2) is 42.5 Å². The average molecular weight is 352 g/mol. The summed E-state index contributed by atoms with van der Waals surface area (Å²) in [5.41, 5.74) is 0.244. The third-order valence-electron chi connectivity index (χ3n) is 6.19. The summed E-state index contributed by atoms with van der Waals surface area (Å²) in [5, 5.41) is 0. The number of hydrogen-bond donors (Lipinski definition) is 0. The van der Waals surface area contributed by atoms with Gasteiger partial charge in [-0.3, -0.25) is 4.90 Å². The molecule has 5 heteroatoms. The minimum absolute atomic E-state index is 0.306. The molecule has 1 atom stereocenters. The number of halogens is 3. The number of benzene rings is 1. The Morgan fingerprint density at radius 3 is 2.52 bits per heavy atom. The van der Waals surface area contributed by atoms with E-state index < -0.39 is 11.7 Å². The van der Waals surface area contributed by atoms with Gasteiger partial charge in [0.1, 0.15) is 0 Å². The molecule has 1 aliphatic carbocycles. The van der Waals surface area contributed by atoms with Crippen LogP contribution >= 0.6 is 0 Å². The molecule has 1 aromatic carbocycles. The molecular formula is C20H27F3N2. The third-order valence-corrected chi connectivity index (χ3v) is 6.19. The second-order valence-corrected chi connectivity index (χ2v) is 8.40. The molecule has 25 heavy (non-hydrogen) atoms. The Morgan fingerprint density at radius 1 is 1.00 bits per heavy atom. The van der Waals surface area contributed by atoms with Crippen molar-refractivity contribution in [1.82, 2.24) is 9.80 Å². The Balaban J connectivity index is 1.41. The molecule has 3 fully saturated rings. The lowest BCUT2D eigenvalue weighted by molar-refractivity contribution is -0.138. The van der Waals surface area contributed by atoms with Crippen molar-refractivity contribution in [1.29, 1.82) is 0 Å². The first-order valence-electron chi connectivity index (χ1n) is 9.53. The van der Waals surface area contributed by atoms with E-state index in [0.29, 0.717) is 17.5 Å². The molecule has 1 spiro atoms. The van der Waals surface area contributed by atoms with Gasteiger partial charge in [-0.25, -0.2) is 0 Å². The zero-order valence-corrected chi connectivity index (χ0v) is 14.7. The summed E-state index contributed by atoms with van der Waals surface area (Å²) < 4.78 is 39.7. The second kappa shape index (κ2) is 6.58. The number of piperidine rings is 1. The molecule has 2 heterocycles. The fourth-order valence-corrected chi connectivity index (χ4v) is 4.80. The Labute approximate surface area is 148 Å². The predicted molar refractivity (Wildman–Crippen MR) is 92.2 cm³/mol. The van der Waals surface area contributed by atoms with Gasteiger partial charge in [-0.1, -0.05) is 18.2 Å². The molecule has 0 amide bonds. The molecule has 138 valence electrons. The highest BCUT2D eigenvalue weighted by atomic mass is 19.4. The Bertz CT molecular complexity index is 611. The van der Waals surface area contributed by atoms with E-state index in [9.17, 15) is 13.2 Å². The van der Waals surface area contributed by atoms with Crippen LogP contribution in [-0.2, 0) is 12.7 Å². The van der Waals surface area contributed by atoms with Crippen molar-refractivity contribution in [2.24, 2.45) is 11.3 Å². The van der Waals surface area contributed by atoms with Gasteiger partial charge in [0.05, 0.1) is 5.56 Å². The van der Waals surface area contributed by atoms with Crippen molar-refractivity contribution in [3.05, 3.63) is 35.4 Å². The van der Waals surface area contributed by atoms with Crippen molar-refractivity contribution in [2.75, 3.05) is 32.7 Å². The van der Waals surface area contributed by atoms with Gasteiger partial charge in [0.15, 0.2) is 0 Å². The molecular weight excluding hydrogens is 325 g/mol. The minimum Gasteiger partial charge on any atom is -0.302 e. The highest BCUT2D eigenvalue weighted by Crippen LogP contribution is 2.41. The average Bonchev–Trinajstić information content (AvgIpc) is 3.29. The quantitative estimate of drug-likeness (QED) is 0.792. The van der Waals surface area contributed by atoms with Crippen LogP contribution in [0.4, 0.5) is 13.2 Å². The van der Waals surface area contributed by atoms with Crippen molar-refractivity contribution >= 4 is 0 Å². The normalized spacial score (nSPS) is 28.8. The largest absolute Gasteiger partial charge is 0.416 e. The molecule has 0 aromatic heterocycles. The van der Waals surface area contributed by atoms with E-state index in [2.05, 4.69) is 9.80 Å². The van der Waals surface area contributed by atoms with E-state index in [0.717, 1.165) is 32.0 Å². The van der Waals surface area contributed by atoms with Gasteiger partial charge >= 0.3 is 6.18 Å². The zero-order valence-electron chi connectivity index (χ0n) is 14.7. The molecule has 3 aliphatic rings. The maximum atomic E-state index is 13.2.